The quantitative estimate of drug-likeness (QED) is 0.241. The van der Waals surface area contributed by atoms with E-state index >= 15 is 0 Å². The second kappa shape index (κ2) is 12.0. The van der Waals surface area contributed by atoms with Crippen LogP contribution in [0.1, 0.15) is 50.0 Å². The first-order chi connectivity index (χ1) is 20.1. The summed E-state index contributed by atoms with van der Waals surface area (Å²) in [5, 5.41) is 27.1. The molecule has 0 bridgehead atoms. The van der Waals surface area contributed by atoms with Crippen LogP contribution in [0, 0.1) is 29.6 Å². The van der Waals surface area contributed by atoms with Crippen LogP contribution in [0.2, 0.25) is 0 Å². The van der Waals surface area contributed by atoms with Crippen molar-refractivity contribution in [1.82, 2.24) is 9.80 Å². The van der Waals surface area contributed by atoms with E-state index in [-0.39, 0.29) is 82.0 Å². The maximum absolute atomic E-state index is 13.8. The number of fused-ring (bicyclic) bond motifs is 4. The molecule has 0 spiro atoms. The van der Waals surface area contributed by atoms with Crippen LogP contribution in [-0.4, -0.2) is 87.0 Å². The predicted octanol–water partition coefficient (Wildman–Crippen LogP) is 1.42. The van der Waals surface area contributed by atoms with E-state index in [1.807, 2.05) is 6.08 Å². The van der Waals surface area contributed by atoms with Crippen molar-refractivity contribution in [2.24, 2.45) is 29.6 Å². The predicted molar refractivity (Wildman–Crippen MR) is 144 cm³/mol. The van der Waals surface area contributed by atoms with Crippen LogP contribution < -0.4 is 4.74 Å². The first-order valence-corrected chi connectivity index (χ1v) is 14.3. The van der Waals surface area contributed by atoms with Gasteiger partial charge in [-0.15, -0.1) is 0 Å². The van der Waals surface area contributed by atoms with E-state index in [9.17, 15) is 28.8 Å². The number of benzene rings is 1. The van der Waals surface area contributed by atoms with Gasteiger partial charge in [-0.3, -0.25) is 38.6 Å². The summed E-state index contributed by atoms with van der Waals surface area (Å²) in [6.07, 6.45) is 2.37. The summed E-state index contributed by atoms with van der Waals surface area (Å²) >= 11 is 0. The molecular weight excluding hydrogens is 548 g/mol. The third-order valence-corrected chi connectivity index (χ3v) is 8.97. The molecule has 0 radical (unpaired) electrons. The molecule has 1 aromatic rings. The van der Waals surface area contributed by atoms with Gasteiger partial charge < -0.3 is 20.1 Å². The van der Waals surface area contributed by atoms with Gasteiger partial charge in [-0.05, 0) is 49.3 Å². The van der Waals surface area contributed by atoms with Crippen molar-refractivity contribution in [3.8, 4) is 5.75 Å². The molecule has 1 aromatic carbocycles. The Morgan fingerprint density at radius 3 is 1.93 bits per heavy atom. The number of amides is 4. The zero-order valence-corrected chi connectivity index (χ0v) is 23.0. The molecule has 6 atom stereocenters. The van der Waals surface area contributed by atoms with Gasteiger partial charge in [0.25, 0.3) is 0 Å². The number of rotatable bonds is 12. The normalized spacial score (nSPS) is 28.4. The van der Waals surface area contributed by atoms with Crippen LogP contribution in [0.5, 0.6) is 5.75 Å². The van der Waals surface area contributed by atoms with E-state index < -0.39 is 47.4 Å². The van der Waals surface area contributed by atoms with Crippen LogP contribution in [0.15, 0.2) is 35.9 Å². The molecule has 4 amide bonds. The Labute approximate surface area is 241 Å². The Hall–Kier alpha value is -4.06. The number of hydrogen-bond donors (Lipinski definition) is 3. The summed E-state index contributed by atoms with van der Waals surface area (Å²) in [4.78, 5) is 78.7. The fourth-order valence-corrected chi connectivity index (χ4v) is 7.25. The van der Waals surface area contributed by atoms with Gasteiger partial charge in [0.1, 0.15) is 12.4 Å². The minimum absolute atomic E-state index is 0.0117. The number of nitrogens with zero attached hydrogens (tertiary/aromatic N) is 2. The maximum Gasteiger partial charge on any atom is 0.303 e. The van der Waals surface area contributed by atoms with E-state index in [2.05, 4.69) is 0 Å². The molecule has 12 heteroatoms. The van der Waals surface area contributed by atoms with Crippen LogP contribution >= 0.6 is 0 Å². The van der Waals surface area contributed by atoms with Gasteiger partial charge in [-0.25, -0.2) is 0 Å². The second-order valence-corrected chi connectivity index (χ2v) is 11.3. The van der Waals surface area contributed by atoms with E-state index in [1.54, 1.807) is 24.3 Å². The smallest absolute Gasteiger partial charge is 0.303 e. The largest absolute Gasteiger partial charge is 0.491 e. The number of aliphatic hydroxyl groups excluding tert-OH is 1. The number of hydrogen-bond acceptors (Lipinski definition) is 8. The number of allylic oxidation sites excluding steroid dienone is 2. The lowest BCUT2D eigenvalue weighted by Gasteiger charge is -2.44. The van der Waals surface area contributed by atoms with Crippen molar-refractivity contribution in [3.63, 3.8) is 0 Å². The highest BCUT2D eigenvalue weighted by atomic mass is 16.5. The number of carbonyl (C=O) groups is 6. The van der Waals surface area contributed by atoms with E-state index in [0.29, 0.717) is 12.2 Å². The van der Waals surface area contributed by atoms with Gasteiger partial charge in [0, 0.05) is 31.8 Å². The molecule has 2 aliphatic carbocycles. The molecule has 3 fully saturated rings. The number of carbonyl (C=O) groups excluding carboxylic acids is 4. The Balaban J connectivity index is 1.48. The number of aliphatic carboxylic acids is 2. The molecule has 12 nitrogen and oxygen atoms in total. The first-order valence-electron chi connectivity index (χ1n) is 14.3. The zero-order valence-electron chi connectivity index (χ0n) is 23.0. The van der Waals surface area contributed by atoms with E-state index in [4.69, 9.17) is 20.1 Å². The molecule has 5 rings (SSSR count). The average Bonchev–Trinajstić information content (AvgIpc) is 3.35. The Kier molecular flexibility index (Phi) is 8.44. The SMILES string of the molecule is O=C(O)CCCN1C(=O)[C@H]2[C@H](CC=C3[C@H]2C[C@H]2C(=O)N(CCCC(=O)O)C(=O)[C@H]2[C@H]3c2ccc(OCCO)cc2)C1=O. The molecule has 1 saturated carbocycles. The third kappa shape index (κ3) is 5.31. The minimum Gasteiger partial charge on any atom is -0.491 e. The summed E-state index contributed by atoms with van der Waals surface area (Å²) in [5.41, 5.74) is 1.59. The van der Waals surface area contributed by atoms with Crippen molar-refractivity contribution in [1.29, 1.82) is 0 Å². The van der Waals surface area contributed by atoms with Crippen molar-refractivity contribution in [2.45, 2.75) is 44.4 Å². The van der Waals surface area contributed by atoms with Gasteiger partial charge in [-0.1, -0.05) is 23.8 Å². The molecule has 4 aliphatic rings. The Bertz CT molecular complexity index is 1320. The fraction of sp³-hybridized carbons (Fsp3) is 0.533. The standard InChI is InChI=1S/C30H34N2O10/c33-13-14-42-17-7-5-16(6-8-17)24-18-9-10-19-25(29(40)31(27(19)38)11-1-3-22(34)35)20(18)15-21-26(24)30(41)32(28(21)39)12-2-4-23(36)37/h5-9,19-21,24-26,33H,1-4,10-15H2,(H,34,35)(H,36,37)/t19-,20+,21+,24-,25-,26+/m0/s1. The van der Waals surface area contributed by atoms with Gasteiger partial charge in [-0.2, -0.15) is 0 Å². The van der Waals surface area contributed by atoms with Crippen LogP contribution in [-0.2, 0) is 28.8 Å². The van der Waals surface area contributed by atoms with Crippen molar-refractivity contribution in [2.75, 3.05) is 26.3 Å². The number of likely N-dealkylation sites (tertiary alicyclic amines) is 2. The van der Waals surface area contributed by atoms with E-state index in [1.165, 1.54) is 0 Å². The monoisotopic (exact) mass is 582 g/mol. The lowest BCUT2D eigenvalue weighted by molar-refractivity contribution is -0.143. The maximum atomic E-state index is 13.8. The lowest BCUT2D eigenvalue weighted by atomic mass is 9.57. The Morgan fingerprint density at radius 1 is 0.786 bits per heavy atom. The summed E-state index contributed by atoms with van der Waals surface area (Å²) in [5.74, 6) is -6.75. The first kappa shape index (κ1) is 29.4. The molecular formula is C30H34N2O10. The minimum atomic E-state index is -1.02. The average molecular weight is 583 g/mol. The molecule has 0 unspecified atom stereocenters. The Morgan fingerprint density at radius 2 is 1.36 bits per heavy atom. The number of carboxylic acid groups (broad SMARTS) is 2. The van der Waals surface area contributed by atoms with Crippen molar-refractivity contribution >= 4 is 35.6 Å². The second-order valence-electron chi connectivity index (χ2n) is 11.3. The lowest BCUT2D eigenvalue weighted by Crippen LogP contribution is -2.43. The van der Waals surface area contributed by atoms with Crippen molar-refractivity contribution in [3.05, 3.63) is 41.5 Å². The molecule has 2 aliphatic heterocycles. The van der Waals surface area contributed by atoms with Crippen LogP contribution in [0.3, 0.4) is 0 Å². The molecule has 2 saturated heterocycles. The highest BCUT2D eigenvalue weighted by Gasteiger charge is 2.61. The molecule has 0 aromatic heterocycles. The fourth-order valence-electron chi connectivity index (χ4n) is 7.25. The van der Waals surface area contributed by atoms with Crippen LogP contribution in [0.25, 0.3) is 0 Å². The zero-order chi connectivity index (χ0) is 30.1. The molecule has 2 heterocycles. The molecule has 224 valence electrons. The number of aliphatic hydroxyl groups is 1. The summed E-state index contributed by atoms with van der Waals surface area (Å²) in [6, 6.07) is 7.04. The summed E-state index contributed by atoms with van der Waals surface area (Å²) in [7, 11) is 0. The third-order valence-electron chi connectivity index (χ3n) is 8.97. The highest BCUT2D eigenvalue weighted by Crippen LogP contribution is 2.57. The molecule has 42 heavy (non-hydrogen) atoms. The van der Waals surface area contributed by atoms with Crippen LogP contribution in [0.4, 0.5) is 0 Å². The van der Waals surface area contributed by atoms with Gasteiger partial charge in [0.2, 0.25) is 23.6 Å². The number of carboxylic acids is 2. The van der Waals surface area contributed by atoms with E-state index in [0.717, 1.165) is 20.9 Å². The summed E-state index contributed by atoms with van der Waals surface area (Å²) < 4.78 is 5.48. The molecule has 3 N–H and O–H groups in total. The highest BCUT2D eigenvalue weighted by molar-refractivity contribution is 6.08. The van der Waals surface area contributed by atoms with Gasteiger partial charge in [0.05, 0.1) is 30.3 Å². The van der Waals surface area contributed by atoms with Gasteiger partial charge >= 0.3 is 11.9 Å². The van der Waals surface area contributed by atoms with Gasteiger partial charge in [0.15, 0.2) is 0 Å². The topological polar surface area (TPSA) is 179 Å². The summed E-state index contributed by atoms with van der Waals surface area (Å²) in [6.45, 7) is -0.0401. The number of ether oxygens (including phenoxy) is 1. The van der Waals surface area contributed by atoms with Crippen molar-refractivity contribution < 1.29 is 48.8 Å². The number of imide groups is 2.